The van der Waals surface area contributed by atoms with Gasteiger partial charge in [0.15, 0.2) is 0 Å². The van der Waals surface area contributed by atoms with Crippen LogP contribution in [0.4, 0.5) is 13.2 Å². The zero-order chi connectivity index (χ0) is 31.1. The lowest BCUT2D eigenvalue weighted by atomic mass is 10.0. The second-order valence-corrected chi connectivity index (χ2v) is 13.2. The third kappa shape index (κ3) is 7.86. The number of phosphoric acid groups is 3. The lowest BCUT2D eigenvalue weighted by molar-refractivity contribution is -0.166. The average Bonchev–Trinajstić information content (AvgIpc) is 3.53. The predicted molar refractivity (Wildman–Crippen MR) is 132 cm³/mol. The lowest BCUT2D eigenvalue weighted by Crippen LogP contribution is -2.33. The lowest BCUT2D eigenvalue weighted by Gasteiger charge is -2.19. The first-order valence-electron chi connectivity index (χ1n) is 11.4. The highest BCUT2D eigenvalue weighted by atomic mass is 31.3. The molecule has 42 heavy (non-hydrogen) atoms. The highest BCUT2D eigenvalue weighted by molar-refractivity contribution is 7.66. The molecule has 1 aromatic heterocycles. The van der Waals surface area contributed by atoms with Crippen molar-refractivity contribution in [2.45, 2.75) is 37.0 Å². The number of rotatable bonds is 11. The molecule has 230 valence electrons. The molecule has 3 heterocycles. The van der Waals surface area contributed by atoms with Gasteiger partial charge in [-0.25, -0.2) is 18.5 Å². The molecular weight excluding hydrogens is 642 g/mol. The van der Waals surface area contributed by atoms with Gasteiger partial charge in [0.25, 0.3) is 5.56 Å². The van der Waals surface area contributed by atoms with Crippen LogP contribution in [0.25, 0.3) is 12.2 Å². The van der Waals surface area contributed by atoms with Gasteiger partial charge in [-0.3, -0.25) is 18.9 Å². The minimum absolute atomic E-state index is 0.0297. The first kappa shape index (κ1) is 32.3. The quantitative estimate of drug-likeness (QED) is 0.217. The summed E-state index contributed by atoms with van der Waals surface area (Å²) in [5, 5.41) is 6.24. The third-order valence-electron chi connectivity index (χ3n) is 5.69. The molecule has 0 saturated carbocycles. The van der Waals surface area contributed by atoms with Crippen LogP contribution in [0, 0.1) is 0 Å². The van der Waals surface area contributed by atoms with Crippen LogP contribution in [-0.4, -0.2) is 48.0 Å². The van der Waals surface area contributed by atoms with E-state index in [4.69, 9.17) is 14.5 Å². The number of nitrogens with one attached hydrogen (secondary N) is 1. The number of ether oxygens (including phenoxy) is 1. The molecule has 0 amide bonds. The molecule has 2 aliphatic rings. The van der Waals surface area contributed by atoms with Gasteiger partial charge in [0.2, 0.25) is 0 Å². The van der Waals surface area contributed by atoms with E-state index in [-0.39, 0.29) is 24.0 Å². The number of H-pyrrole nitrogens is 1. The topological polar surface area (TPSA) is 249 Å². The minimum atomic E-state index is -5.70. The van der Waals surface area contributed by atoms with Crippen molar-refractivity contribution in [1.82, 2.24) is 9.55 Å². The van der Waals surface area contributed by atoms with Gasteiger partial charge in [-0.05, 0) is 24.5 Å². The summed E-state index contributed by atoms with van der Waals surface area (Å²) in [6.07, 6.45) is -2.53. The molecule has 23 heteroatoms. The average molecular weight is 662 g/mol. The number of hydrogen-bond donors (Lipinski definition) is 5. The van der Waals surface area contributed by atoms with E-state index in [9.17, 15) is 46.2 Å². The van der Waals surface area contributed by atoms with Gasteiger partial charge < -0.3 is 24.3 Å². The van der Waals surface area contributed by atoms with E-state index in [1.54, 1.807) is 0 Å². The van der Waals surface area contributed by atoms with Crippen molar-refractivity contribution in [3.05, 3.63) is 68.0 Å². The summed E-state index contributed by atoms with van der Waals surface area (Å²) in [7, 11) is -16.6. The molecule has 0 radical (unpaired) electrons. The standard InChI is InChI=1S/C19H20F3N4O13P3/c20-19(21,22)18(24-25-18)13-5-2-11(3-6-13)1-4-12-9-26(17(28)23-16(12)27)15-8-7-14(37-15)10-36-41(32,33)39-42(34,35)38-40(29,30)31/h1-6,9,14-15H,7-8,10H2,(H,32,33)(H,34,35)(H,23,27,28)(H2,29,30,31)/b4-1+/t14-,15+/m0/s1. The third-order valence-corrected chi connectivity index (χ3v) is 9.50. The number of benzene rings is 1. The van der Waals surface area contributed by atoms with Gasteiger partial charge in [-0.1, -0.05) is 30.3 Å². The summed E-state index contributed by atoms with van der Waals surface area (Å²) >= 11 is 0. The van der Waals surface area contributed by atoms with Crippen molar-refractivity contribution in [3.63, 3.8) is 0 Å². The van der Waals surface area contributed by atoms with Crippen LogP contribution in [0.1, 0.15) is 35.8 Å². The molecule has 1 aromatic carbocycles. The Balaban J connectivity index is 1.39. The Morgan fingerprint density at radius 2 is 1.67 bits per heavy atom. The Bertz CT molecular complexity index is 1660. The minimum Gasteiger partial charge on any atom is -0.352 e. The van der Waals surface area contributed by atoms with Crippen LogP contribution in [0.15, 0.2) is 50.3 Å². The zero-order valence-corrected chi connectivity index (χ0v) is 23.3. The van der Waals surface area contributed by atoms with E-state index in [1.807, 2.05) is 0 Å². The molecule has 2 unspecified atom stereocenters. The van der Waals surface area contributed by atoms with Crippen molar-refractivity contribution >= 4 is 35.6 Å². The molecule has 1 saturated heterocycles. The van der Waals surface area contributed by atoms with Gasteiger partial charge in [-0.15, -0.1) is 10.2 Å². The van der Waals surface area contributed by atoms with Gasteiger partial charge in [-0.2, -0.15) is 21.8 Å². The molecule has 0 aliphatic carbocycles. The summed E-state index contributed by atoms with van der Waals surface area (Å²) in [6.45, 7) is -0.725. The number of aromatic amines is 1. The fourth-order valence-electron chi connectivity index (χ4n) is 3.78. The molecule has 0 spiro atoms. The van der Waals surface area contributed by atoms with Crippen LogP contribution >= 0.6 is 23.5 Å². The van der Waals surface area contributed by atoms with Gasteiger partial charge in [0.1, 0.15) is 6.23 Å². The second-order valence-electron chi connectivity index (χ2n) is 8.75. The highest BCUT2D eigenvalue weighted by Crippen LogP contribution is 2.66. The number of nitrogens with zero attached hydrogens (tertiary/aromatic N) is 3. The Morgan fingerprint density at radius 3 is 2.24 bits per heavy atom. The van der Waals surface area contributed by atoms with Crippen LogP contribution in [-0.2, 0) is 37.2 Å². The summed E-state index contributed by atoms with van der Waals surface area (Å²) in [5.41, 5.74) is -4.02. The van der Waals surface area contributed by atoms with Crippen molar-refractivity contribution in [2.75, 3.05) is 6.61 Å². The van der Waals surface area contributed by atoms with Crippen molar-refractivity contribution in [2.24, 2.45) is 10.2 Å². The highest BCUT2D eigenvalue weighted by Gasteiger charge is 2.65. The van der Waals surface area contributed by atoms with E-state index in [2.05, 4.69) is 28.4 Å². The number of hydrogen-bond acceptors (Lipinski definition) is 11. The molecule has 4 atom stereocenters. The molecule has 4 rings (SSSR count). The van der Waals surface area contributed by atoms with Crippen LogP contribution in [0.2, 0.25) is 0 Å². The van der Waals surface area contributed by atoms with Gasteiger partial charge in [0, 0.05) is 11.8 Å². The largest absolute Gasteiger partial charge is 0.490 e. The molecule has 0 bridgehead atoms. The summed E-state index contributed by atoms with van der Waals surface area (Å²) in [4.78, 5) is 62.7. The summed E-state index contributed by atoms with van der Waals surface area (Å²) in [5.74, 6) is 0. The van der Waals surface area contributed by atoms with E-state index in [0.29, 0.717) is 5.56 Å². The second kappa shape index (κ2) is 11.5. The fourth-order valence-corrected chi connectivity index (χ4v) is 6.83. The maximum absolute atomic E-state index is 13.2. The summed E-state index contributed by atoms with van der Waals surface area (Å²) in [6, 6.07) is 5.09. The Kier molecular flexibility index (Phi) is 8.83. The summed E-state index contributed by atoms with van der Waals surface area (Å²) < 4.78 is 91.8. The van der Waals surface area contributed by atoms with Crippen LogP contribution in [0.5, 0.6) is 0 Å². The fraction of sp³-hybridized carbons (Fsp3) is 0.368. The Morgan fingerprint density at radius 1 is 1.02 bits per heavy atom. The van der Waals surface area contributed by atoms with Crippen molar-refractivity contribution in [1.29, 1.82) is 0 Å². The van der Waals surface area contributed by atoms with Gasteiger partial charge in [0.05, 0.1) is 18.3 Å². The SMILES string of the molecule is O=c1[nH]c(=O)n([C@H]2CC[C@@H](COP(=O)(O)OP(=O)(O)OP(=O)(O)O)O2)cc1/C=C/c1ccc(C2(C(F)(F)F)N=N2)cc1. The van der Waals surface area contributed by atoms with E-state index >= 15 is 0 Å². The number of alkyl halides is 3. The Labute approximate surface area is 231 Å². The number of phosphoric ester groups is 1. The Hall–Kier alpha value is -2.60. The molecule has 2 aromatic rings. The van der Waals surface area contributed by atoms with Crippen LogP contribution in [0.3, 0.4) is 0 Å². The zero-order valence-electron chi connectivity index (χ0n) is 20.6. The van der Waals surface area contributed by atoms with Crippen molar-refractivity contribution < 1.29 is 64.3 Å². The van der Waals surface area contributed by atoms with Gasteiger partial charge >= 0.3 is 41.0 Å². The maximum Gasteiger partial charge on any atom is 0.490 e. The number of aromatic nitrogens is 2. The molecule has 1 fully saturated rings. The maximum atomic E-state index is 13.2. The molecule has 17 nitrogen and oxygen atoms in total. The molecular formula is C19H20F3N4O13P3. The molecule has 2 aliphatic heterocycles. The van der Waals surface area contributed by atoms with Crippen molar-refractivity contribution in [3.8, 4) is 0 Å². The van der Waals surface area contributed by atoms with Crippen LogP contribution < -0.4 is 11.2 Å². The van der Waals surface area contributed by atoms with E-state index in [1.165, 1.54) is 36.4 Å². The smallest absolute Gasteiger partial charge is 0.352 e. The monoisotopic (exact) mass is 662 g/mol. The predicted octanol–water partition coefficient (Wildman–Crippen LogP) is 2.91. The number of halogens is 3. The normalized spacial score (nSPS) is 23.1. The first-order chi connectivity index (χ1) is 19.3. The van der Waals surface area contributed by atoms with E-state index < -0.39 is 65.5 Å². The molecule has 5 N–H and O–H groups in total. The van der Waals surface area contributed by atoms with E-state index in [0.717, 1.165) is 10.8 Å². The first-order valence-corrected chi connectivity index (χ1v) is 15.9.